The van der Waals surface area contributed by atoms with E-state index in [1.807, 2.05) is 13.2 Å². The van der Waals surface area contributed by atoms with Gasteiger partial charge in [-0.1, -0.05) is 0 Å². The summed E-state index contributed by atoms with van der Waals surface area (Å²) >= 11 is 0. The number of sulfonamides is 1. The summed E-state index contributed by atoms with van der Waals surface area (Å²) in [5.41, 5.74) is 2.63. The fourth-order valence-corrected chi connectivity index (χ4v) is 3.90. The fourth-order valence-electron chi connectivity index (χ4n) is 2.95. The minimum Gasteiger partial charge on any atom is -0.275 e. The van der Waals surface area contributed by atoms with Crippen molar-refractivity contribution in [2.75, 3.05) is 19.3 Å². The van der Waals surface area contributed by atoms with Crippen LogP contribution in [0.2, 0.25) is 0 Å². The number of hydrogen-bond acceptors (Lipinski definition) is 5. The zero-order valence-electron chi connectivity index (χ0n) is 13.4. The van der Waals surface area contributed by atoms with Gasteiger partial charge in [0.1, 0.15) is 0 Å². The standard InChI is InChI=1S/C15H21N5O2S/c1-19-11-13(7-18-19)15-9-16-14(8-17-15)6-12-4-3-5-20(10-12)23(2,21)22/h7-9,11-12H,3-6,10H2,1-2H3. The van der Waals surface area contributed by atoms with E-state index in [2.05, 4.69) is 15.1 Å². The van der Waals surface area contributed by atoms with Gasteiger partial charge in [-0.3, -0.25) is 14.6 Å². The molecule has 0 N–H and O–H groups in total. The predicted molar refractivity (Wildman–Crippen MR) is 87.1 cm³/mol. The van der Waals surface area contributed by atoms with Gasteiger partial charge in [0.05, 0.1) is 30.0 Å². The van der Waals surface area contributed by atoms with Crippen LogP contribution < -0.4 is 0 Å². The highest BCUT2D eigenvalue weighted by molar-refractivity contribution is 7.88. The summed E-state index contributed by atoms with van der Waals surface area (Å²) in [5.74, 6) is 0.303. The van der Waals surface area contributed by atoms with Gasteiger partial charge in [-0.05, 0) is 25.2 Å². The summed E-state index contributed by atoms with van der Waals surface area (Å²) in [6, 6.07) is 0. The molecule has 0 amide bonds. The highest BCUT2D eigenvalue weighted by atomic mass is 32.2. The van der Waals surface area contributed by atoms with Crippen LogP contribution in [0, 0.1) is 5.92 Å². The zero-order chi connectivity index (χ0) is 16.4. The maximum absolute atomic E-state index is 11.7. The van der Waals surface area contributed by atoms with Crippen molar-refractivity contribution in [1.82, 2.24) is 24.1 Å². The largest absolute Gasteiger partial charge is 0.275 e. The van der Waals surface area contributed by atoms with Crippen molar-refractivity contribution in [1.29, 1.82) is 0 Å². The van der Waals surface area contributed by atoms with Gasteiger partial charge in [0.15, 0.2) is 0 Å². The monoisotopic (exact) mass is 335 g/mol. The minimum absolute atomic E-state index is 0.303. The first-order chi connectivity index (χ1) is 10.9. The number of nitrogens with zero attached hydrogens (tertiary/aromatic N) is 5. The van der Waals surface area contributed by atoms with Crippen molar-refractivity contribution in [3.8, 4) is 11.3 Å². The summed E-state index contributed by atoms with van der Waals surface area (Å²) < 4.78 is 26.7. The first-order valence-electron chi connectivity index (χ1n) is 7.67. The van der Waals surface area contributed by atoms with Crippen molar-refractivity contribution in [2.24, 2.45) is 13.0 Å². The lowest BCUT2D eigenvalue weighted by Gasteiger charge is -2.30. The third-order valence-electron chi connectivity index (χ3n) is 4.15. The minimum atomic E-state index is -3.10. The number of aryl methyl sites for hydroxylation is 1. The van der Waals surface area contributed by atoms with E-state index in [0.29, 0.717) is 19.0 Å². The maximum Gasteiger partial charge on any atom is 0.211 e. The molecule has 0 radical (unpaired) electrons. The molecule has 8 heteroatoms. The molecule has 1 aliphatic rings. The van der Waals surface area contributed by atoms with E-state index < -0.39 is 10.0 Å². The Labute approximate surface area is 136 Å². The van der Waals surface area contributed by atoms with Crippen LogP contribution in [0.1, 0.15) is 18.5 Å². The average Bonchev–Trinajstić information content (AvgIpc) is 2.94. The van der Waals surface area contributed by atoms with Crippen LogP contribution in [0.15, 0.2) is 24.8 Å². The average molecular weight is 335 g/mol. The van der Waals surface area contributed by atoms with Crippen LogP contribution in [0.5, 0.6) is 0 Å². The molecule has 23 heavy (non-hydrogen) atoms. The summed E-state index contributed by atoms with van der Waals surface area (Å²) in [5, 5.41) is 4.13. The molecule has 1 saturated heterocycles. The molecule has 0 aromatic carbocycles. The summed E-state index contributed by atoms with van der Waals surface area (Å²) in [7, 11) is -1.24. The molecule has 0 saturated carbocycles. The Morgan fingerprint density at radius 1 is 1.26 bits per heavy atom. The molecule has 0 bridgehead atoms. The van der Waals surface area contributed by atoms with Gasteiger partial charge in [0.2, 0.25) is 10.0 Å². The molecule has 3 heterocycles. The Hall–Kier alpha value is -1.80. The highest BCUT2D eigenvalue weighted by Crippen LogP contribution is 2.22. The van der Waals surface area contributed by atoms with Gasteiger partial charge < -0.3 is 0 Å². The van der Waals surface area contributed by atoms with Gasteiger partial charge in [0, 0.05) is 38.1 Å². The van der Waals surface area contributed by atoms with E-state index in [1.165, 1.54) is 6.26 Å². The lowest BCUT2D eigenvalue weighted by Crippen LogP contribution is -2.39. The Morgan fingerprint density at radius 2 is 2.09 bits per heavy atom. The molecule has 7 nitrogen and oxygen atoms in total. The zero-order valence-corrected chi connectivity index (χ0v) is 14.2. The normalized spacial score (nSPS) is 19.8. The molecule has 1 fully saturated rings. The smallest absolute Gasteiger partial charge is 0.211 e. The van der Waals surface area contributed by atoms with E-state index in [1.54, 1.807) is 27.6 Å². The van der Waals surface area contributed by atoms with Crippen LogP contribution in [0.3, 0.4) is 0 Å². The first-order valence-corrected chi connectivity index (χ1v) is 9.52. The summed E-state index contributed by atoms with van der Waals surface area (Å²) in [4.78, 5) is 8.93. The van der Waals surface area contributed by atoms with E-state index >= 15 is 0 Å². The first kappa shape index (κ1) is 16.1. The van der Waals surface area contributed by atoms with Crippen molar-refractivity contribution >= 4 is 10.0 Å². The second kappa shape index (κ2) is 6.37. The second-order valence-electron chi connectivity index (χ2n) is 6.13. The van der Waals surface area contributed by atoms with Crippen molar-refractivity contribution in [2.45, 2.75) is 19.3 Å². The molecule has 0 aliphatic carbocycles. The maximum atomic E-state index is 11.7. The molecular weight excluding hydrogens is 314 g/mol. The quantitative estimate of drug-likeness (QED) is 0.835. The van der Waals surface area contributed by atoms with Gasteiger partial charge in [-0.15, -0.1) is 0 Å². The third kappa shape index (κ3) is 3.94. The summed E-state index contributed by atoms with van der Waals surface area (Å²) in [6.07, 6.45) is 11.1. The molecule has 1 atom stereocenters. The van der Waals surface area contributed by atoms with Gasteiger partial charge >= 0.3 is 0 Å². The lowest BCUT2D eigenvalue weighted by molar-refractivity contribution is 0.265. The van der Waals surface area contributed by atoms with Crippen LogP contribution in [0.25, 0.3) is 11.3 Å². The van der Waals surface area contributed by atoms with E-state index in [-0.39, 0.29) is 0 Å². The Balaban J connectivity index is 1.66. The number of hydrogen-bond donors (Lipinski definition) is 0. The molecule has 2 aromatic rings. The van der Waals surface area contributed by atoms with E-state index in [0.717, 1.165) is 36.2 Å². The van der Waals surface area contributed by atoms with Crippen molar-refractivity contribution < 1.29 is 8.42 Å². The van der Waals surface area contributed by atoms with E-state index in [4.69, 9.17) is 0 Å². The lowest BCUT2D eigenvalue weighted by atomic mass is 9.95. The molecule has 124 valence electrons. The molecular formula is C15H21N5O2S. The fraction of sp³-hybridized carbons (Fsp3) is 0.533. The molecule has 3 rings (SSSR count). The second-order valence-corrected chi connectivity index (χ2v) is 8.11. The van der Waals surface area contributed by atoms with Gasteiger partial charge in [0.25, 0.3) is 0 Å². The highest BCUT2D eigenvalue weighted by Gasteiger charge is 2.26. The molecule has 0 spiro atoms. The Kier molecular flexibility index (Phi) is 4.45. The van der Waals surface area contributed by atoms with Crippen LogP contribution in [-0.2, 0) is 23.5 Å². The van der Waals surface area contributed by atoms with Crippen molar-refractivity contribution in [3.63, 3.8) is 0 Å². The number of rotatable bonds is 4. The van der Waals surface area contributed by atoms with Gasteiger partial charge in [-0.2, -0.15) is 5.10 Å². The molecule has 1 aliphatic heterocycles. The number of aromatic nitrogens is 4. The van der Waals surface area contributed by atoms with Crippen LogP contribution in [0.4, 0.5) is 0 Å². The Bertz CT molecular complexity index is 769. The topological polar surface area (TPSA) is 81.0 Å². The van der Waals surface area contributed by atoms with Gasteiger partial charge in [-0.25, -0.2) is 12.7 Å². The summed E-state index contributed by atoms with van der Waals surface area (Å²) in [6.45, 7) is 1.20. The van der Waals surface area contributed by atoms with E-state index in [9.17, 15) is 8.42 Å². The molecule has 2 aromatic heterocycles. The number of piperidine rings is 1. The van der Waals surface area contributed by atoms with Crippen LogP contribution >= 0.6 is 0 Å². The SMILES string of the molecule is Cn1cc(-c2cnc(CC3CCCN(S(C)(=O)=O)C3)cn2)cn1. The van der Waals surface area contributed by atoms with Crippen LogP contribution in [-0.4, -0.2) is 51.8 Å². The molecule has 1 unspecified atom stereocenters. The Morgan fingerprint density at radius 3 is 2.70 bits per heavy atom. The predicted octanol–water partition coefficient (Wildman–Crippen LogP) is 1.09. The third-order valence-corrected chi connectivity index (χ3v) is 5.42. The van der Waals surface area contributed by atoms with Crippen molar-refractivity contribution in [3.05, 3.63) is 30.5 Å².